The molecule has 1 fully saturated rings. The highest BCUT2D eigenvalue weighted by Gasteiger charge is 2.28. The van der Waals surface area contributed by atoms with Crippen molar-refractivity contribution in [3.8, 4) is 0 Å². The fraction of sp³-hybridized carbons (Fsp3) is 0.643. The molecule has 21 heavy (non-hydrogen) atoms. The molecule has 1 aliphatic carbocycles. The molecule has 0 saturated heterocycles. The largest absolute Gasteiger partial charge is 0.477 e. The number of carboxylic acids is 1. The Morgan fingerprint density at radius 2 is 1.76 bits per heavy atom. The molecule has 118 valence electrons. The van der Waals surface area contributed by atoms with Gasteiger partial charge in [0.2, 0.25) is 10.0 Å². The first-order chi connectivity index (χ1) is 9.83. The van der Waals surface area contributed by atoms with E-state index < -0.39 is 16.0 Å². The van der Waals surface area contributed by atoms with Crippen molar-refractivity contribution in [3.05, 3.63) is 17.0 Å². The van der Waals surface area contributed by atoms with Gasteiger partial charge in [-0.2, -0.15) is 0 Å². The van der Waals surface area contributed by atoms with Crippen molar-refractivity contribution in [2.75, 3.05) is 0 Å². The monoisotopic (exact) mass is 314 g/mol. The summed E-state index contributed by atoms with van der Waals surface area (Å²) < 4.78 is 27.9. The first-order valence-corrected chi connectivity index (χ1v) is 8.76. The number of H-pyrrole nitrogens is 1. The van der Waals surface area contributed by atoms with Gasteiger partial charge in [-0.1, -0.05) is 25.7 Å². The second kappa shape index (κ2) is 6.19. The van der Waals surface area contributed by atoms with Crippen molar-refractivity contribution < 1.29 is 18.3 Å². The van der Waals surface area contributed by atoms with E-state index in [0.717, 1.165) is 38.5 Å². The van der Waals surface area contributed by atoms with Crippen molar-refractivity contribution in [3.63, 3.8) is 0 Å². The van der Waals surface area contributed by atoms with Crippen LogP contribution in [0.5, 0.6) is 0 Å². The Morgan fingerprint density at radius 1 is 1.19 bits per heavy atom. The van der Waals surface area contributed by atoms with Gasteiger partial charge in [0, 0.05) is 17.3 Å². The maximum atomic E-state index is 12.6. The van der Waals surface area contributed by atoms with Crippen LogP contribution in [-0.4, -0.2) is 30.5 Å². The van der Waals surface area contributed by atoms with Crippen LogP contribution in [0.25, 0.3) is 0 Å². The van der Waals surface area contributed by atoms with E-state index in [-0.39, 0.29) is 22.2 Å². The van der Waals surface area contributed by atoms with E-state index in [1.807, 2.05) is 0 Å². The lowest BCUT2D eigenvalue weighted by atomic mass is 10.1. The third kappa shape index (κ3) is 3.47. The first kappa shape index (κ1) is 16.0. The Morgan fingerprint density at radius 3 is 2.24 bits per heavy atom. The van der Waals surface area contributed by atoms with Crippen LogP contribution in [0.3, 0.4) is 0 Å². The van der Waals surface area contributed by atoms with Crippen molar-refractivity contribution in [1.82, 2.24) is 9.71 Å². The molecule has 3 N–H and O–H groups in total. The minimum absolute atomic E-state index is 0.0560. The average Bonchev–Trinajstić information content (AvgIpc) is 2.56. The first-order valence-electron chi connectivity index (χ1n) is 7.27. The molecule has 0 radical (unpaired) electrons. The van der Waals surface area contributed by atoms with Gasteiger partial charge in [-0.25, -0.2) is 17.9 Å². The van der Waals surface area contributed by atoms with Gasteiger partial charge in [-0.05, 0) is 26.7 Å². The molecule has 7 heteroatoms. The topological polar surface area (TPSA) is 99.3 Å². The number of aryl methyl sites for hydroxylation is 1. The minimum atomic E-state index is -3.69. The smallest absolute Gasteiger partial charge is 0.352 e. The lowest BCUT2D eigenvalue weighted by Crippen LogP contribution is -2.34. The summed E-state index contributed by atoms with van der Waals surface area (Å²) in [7, 11) is -3.69. The van der Waals surface area contributed by atoms with Gasteiger partial charge in [-0.15, -0.1) is 0 Å². The summed E-state index contributed by atoms with van der Waals surface area (Å²) in [6.07, 6.45) is 6.02. The van der Waals surface area contributed by atoms with Crippen LogP contribution in [0.4, 0.5) is 0 Å². The summed E-state index contributed by atoms with van der Waals surface area (Å²) in [5.41, 5.74) is 0.570. The number of carboxylic acid groups (broad SMARTS) is 1. The molecule has 1 saturated carbocycles. The number of rotatable bonds is 4. The van der Waals surface area contributed by atoms with E-state index in [2.05, 4.69) is 9.71 Å². The van der Waals surface area contributed by atoms with Gasteiger partial charge in [-0.3, -0.25) is 0 Å². The molecule has 1 heterocycles. The Hall–Kier alpha value is -1.34. The SMILES string of the molecule is Cc1[nH]c(C(=O)O)c(C)c1S(=O)(=O)NC1CCCCCC1. The van der Waals surface area contributed by atoms with Crippen LogP contribution in [0.2, 0.25) is 0 Å². The van der Waals surface area contributed by atoms with Gasteiger partial charge in [0.15, 0.2) is 0 Å². The fourth-order valence-corrected chi connectivity index (χ4v) is 4.78. The number of sulfonamides is 1. The van der Waals surface area contributed by atoms with Crippen molar-refractivity contribution in [2.24, 2.45) is 0 Å². The molecule has 0 atom stereocenters. The molecular weight excluding hydrogens is 292 g/mol. The number of hydrogen-bond donors (Lipinski definition) is 3. The Balaban J connectivity index is 2.29. The number of aromatic nitrogens is 1. The van der Waals surface area contributed by atoms with E-state index in [4.69, 9.17) is 5.11 Å². The molecule has 0 amide bonds. The quantitative estimate of drug-likeness (QED) is 0.743. The number of hydrogen-bond acceptors (Lipinski definition) is 3. The highest BCUT2D eigenvalue weighted by atomic mass is 32.2. The number of carbonyl (C=O) groups is 1. The Kier molecular flexibility index (Phi) is 4.73. The maximum absolute atomic E-state index is 12.6. The van der Waals surface area contributed by atoms with E-state index in [0.29, 0.717) is 5.69 Å². The minimum Gasteiger partial charge on any atom is -0.477 e. The summed E-state index contributed by atoms with van der Waals surface area (Å²) in [5.74, 6) is -1.15. The number of aromatic carboxylic acids is 1. The molecule has 0 aromatic carbocycles. The molecule has 6 nitrogen and oxygen atoms in total. The summed E-state index contributed by atoms with van der Waals surface area (Å²) in [6.45, 7) is 3.11. The van der Waals surface area contributed by atoms with Crippen LogP contribution in [0.1, 0.15) is 60.3 Å². The van der Waals surface area contributed by atoms with Gasteiger partial charge < -0.3 is 10.1 Å². The van der Waals surface area contributed by atoms with Crippen molar-refractivity contribution in [2.45, 2.75) is 63.3 Å². The summed E-state index contributed by atoms with van der Waals surface area (Å²) in [6, 6.07) is -0.0560. The predicted octanol–water partition coefficient (Wildman–Crippen LogP) is 2.33. The van der Waals surface area contributed by atoms with Gasteiger partial charge in [0.25, 0.3) is 0 Å². The zero-order valence-corrected chi connectivity index (χ0v) is 13.2. The third-order valence-electron chi connectivity index (χ3n) is 4.03. The molecular formula is C14H22N2O4S. The summed E-state index contributed by atoms with van der Waals surface area (Å²) in [5, 5.41) is 9.08. The molecule has 0 unspecified atom stereocenters. The third-order valence-corrected chi connectivity index (χ3v) is 5.82. The van der Waals surface area contributed by atoms with Crippen LogP contribution >= 0.6 is 0 Å². The fourth-order valence-electron chi connectivity index (χ4n) is 3.03. The number of nitrogens with one attached hydrogen (secondary N) is 2. The maximum Gasteiger partial charge on any atom is 0.352 e. The average molecular weight is 314 g/mol. The van der Waals surface area contributed by atoms with Crippen molar-refractivity contribution >= 4 is 16.0 Å². The molecule has 1 aromatic heterocycles. The molecule has 2 rings (SSSR count). The van der Waals surface area contributed by atoms with E-state index in [9.17, 15) is 13.2 Å². The van der Waals surface area contributed by atoms with Gasteiger partial charge >= 0.3 is 5.97 Å². The lowest BCUT2D eigenvalue weighted by molar-refractivity contribution is 0.0690. The second-order valence-corrected chi connectivity index (χ2v) is 7.34. The second-order valence-electron chi connectivity index (χ2n) is 5.69. The van der Waals surface area contributed by atoms with Crippen LogP contribution in [0, 0.1) is 13.8 Å². The zero-order chi connectivity index (χ0) is 15.6. The summed E-state index contributed by atoms with van der Waals surface area (Å²) in [4.78, 5) is 13.8. The Labute approximate surface area is 125 Å². The number of aromatic amines is 1. The van der Waals surface area contributed by atoms with Crippen LogP contribution in [0.15, 0.2) is 4.90 Å². The predicted molar refractivity (Wildman–Crippen MR) is 79.0 cm³/mol. The molecule has 1 aromatic rings. The van der Waals surface area contributed by atoms with E-state index >= 15 is 0 Å². The van der Waals surface area contributed by atoms with Crippen LogP contribution < -0.4 is 4.72 Å². The normalized spacial score (nSPS) is 17.6. The van der Waals surface area contributed by atoms with Gasteiger partial charge in [0.05, 0.1) is 0 Å². The van der Waals surface area contributed by atoms with E-state index in [1.165, 1.54) is 6.92 Å². The van der Waals surface area contributed by atoms with Gasteiger partial charge in [0.1, 0.15) is 10.6 Å². The Bertz CT molecular complexity index is 626. The zero-order valence-electron chi connectivity index (χ0n) is 12.4. The van der Waals surface area contributed by atoms with Crippen molar-refractivity contribution in [1.29, 1.82) is 0 Å². The highest BCUT2D eigenvalue weighted by molar-refractivity contribution is 7.89. The molecule has 1 aliphatic rings. The standard InChI is InChI=1S/C14H22N2O4S/c1-9-12(14(17)18)15-10(2)13(9)21(19,20)16-11-7-5-3-4-6-8-11/h11,15-16H,3-8H2,1-2H3,(H,17,18). The van der Waals surface area contributed by atoms with Crippen LogP contribution in [-0.2, 0) is 10.0 Å². The molecule has 0 bridgehead atoms. The molecule has 0 aliphatic heterocycles. The summed E-state index contributed by atoms with van der Waals surface area (Å²) >= 11 is 0. The lowest BCUT2D eigenvalue weighted by Gasteiger charge is -2.16. The molecule has 0 spiro atoms. The highest BCUT2D eigenvalue weighted by Crippen LogP contribution is 2.25. The van der Waals surface area contributed by atoms with E-state index in [1.54, 1.807) is 6.92 Å².